The van der Waals surface area contributed by atoms with Crippen molar-refractivity contribution in [2.45, 2.75) is 25.7 Å². The minimum atomic E-state index is -4.76. The molecule has 76 heavy (non-hydrogen) atoms. The Hall–Kier alpha value is -4.93. The Morgan fingerprint density at radius 2 is 0.789 bits per heavy atom. The fourth-order valence-corrected chi connectivity index (χ4v) is 12.4. The Balaban J connectivity index is 1.20. The summed E-state index contributed by atoms with van der Waals surface area (Å²) in [6, 6.07) is 14.7. The maximum atomic E-state index is 13.0. The van der Waals surface area contributed by atoms with Gasteiger partial charge in [-0.15, -0.1) is 0 Å². The molecule has 0 aliphatic rings. The molecule has 0 unspecified atom stereocenters. The summed E-state index contributed by atoms with van der Waals surface area (Å²) < 4.78 is 36.3. The third kappa shape index (κ3) is 20.8. The van der Waals surface area contributed by atoms with Crippen LogP contribution in [0.4, 0.5) is 0 Å². The Morgan fingerprint density at radius 3 is 1.11 bits per heavy atom. The van der Waals surface area contributed by atoms with Crippen molar-refractivity contribution < 1.29 is 72.5 Å². The van der Waals surface area contributed by atoms with Crippen LogP contribution in [0.15, 0.2) is 99.2 Å². The van der Waals surface area contributed by atoms with E-state index in [1.807, 2.05) is 0 Å². The first-order valence-electron chi connectivity index (χ1n) is 21.6. The fraction of sp³-hybridized carbons (Fsp3) is 0.273. The molecule has 0 atom stereocenters. The van der Waals surface area contributed by atoms with E-state index < -0.39 is 34.0 Å². The minimum Gasteiger partial charge on any atom is -0.507 e. The number of nitrogens with zero attached hydrogens (tertiary/aromatic N) is 4. The lowest BCUT2D eigenvalue weighted by Crippen LogP contribution is -2.34. The van der Waals surface area contributed by atoms with E-state index in [1.54, 1.807) is 12.1 Å². The lowest BCUT2D eigenvalue weighted by Gasteiger charge is -2.15. The normalized spacial score (nSPS) is 12.3. The van der Waals surface area contributed by atoms with Crippen LogP contribution in [0.5, 0.6) is 23.0 Å². The van der Waals surface area contributed by atoms with E-state index in [2.05, 4.69) is 110 Å². The van der Waals surface area contributed by atoms with Gasteiger partial charge in [0.1, 0.15) is 40.1 Å². The van der Waals surface area contributed by atoms with E-state index in [-0.39, 0.29) is 122 Å². The van der Waals surface area contributed by atoms with Crippen molar-refractivity contribution in [1.82, 2.24) is 21.3 Å². The average Bonchev–Trinajstić information content (AvgIpc) is 3.37. The van der Waals surface area contributed by atoms with Crippen LogP contribution in [-0.4, -0.2) is 145 Å². The monoisotopic (exact) mass is 1400 g/mol. The van der Waals surface area contributed by atoms with Gasteiger partial charge in [0, 0.05) is 86.0 Å². The molecular weight excluding hydrogens is 1360 g/mol. The van der Waals surface area contributed by atoms with Gasteiger partial charge in [0.15, 0.2) is 5.75 Å². The highest BCUT2D eigenvalue weighted by Gasteiger charge is 2.22. The lowest BCUT2D eigenvalue weighted by atomic mass is 9.95. The summed E-state index contributed by atoms with van der Waals surface area (Å²) in [7, 11) is 0.839. The van der Waals surface area contributed by atoms with Gasteiger partial charge in [-0.3, -0.25) is 23.7 Å². The molecule has 23 nitrogen and oxygen atoms in total. The van der Waals surface area contributed by atoms with Gasteiger partial charge < -0.3 is 61.6 Å². The average molecular weight is 1410 g/mol. The molecule has 32 heteroatoms. The summed E-state index contributed by atoms with van der Waals surface area (Å²) in [5, 5.41) is 93.4. The molecule has 0 aliphatic carbocycles. The first kappa shape index (κ1) is 63.6. The topological polar surface area (TPSA) is 371 Å². The van der Waals surface area contributed by atoms with Crippen LogP contribution in [-0.2, 0) is 55.3 Å². The summed E-state index contributed by atoms with van der Waals surface area (Å²) in [5.74, 6) is -1.49. The van der Waals surface area contributed by atoms with E-state index in [4.69, 9.17) is 4.55 Å². The number of carbonyl (C=O) groups is 4. The number of aromatic hydroxyl groups is 3. The zero-order valence-electron chi connectivity index (χ0n) is 39.0. The number of nitrogens with one attached hydrogen (secondary N) is 4. The first-order chi connectivity index (χ1) is 36.2. The zero-order valence-corrected chi connectivity index (χ0v) is 49.5. The summed E-state index contributed by atoms with van der Waals surface area (Å²) in [6.45, 7) is 0.812. The van der Waals surface area contributed by atoms with Gasteiger partial charge in [-0.05, 0) is 135 Å². The Bertz CT molecular complexity index is 2990. The van der Waals surface area contributed by atoms with Gasteiger partial charge in [0.2, 0.25) is 0 Å². The summed E-state index contributed by atoms with van der Waals surface area (Å²) in [6.07, 6.45) is -0.484. The quantitative estimate of drug-likeness (QED) is 0.00662. The molecule has 0 radical (unpaired) electrons. The molecule has 4 aromatic rings. The van der Waals surface area contributed by atoms with E-state index in [9.17, 15) is 63.7 Å². The van der Waals surface area contributed by atoms with Gasteiger partial charge in [-0.1, -0.05) is 75.9 Å². The molecular formula is C44H46Br4N8O15S5. The van der Waals surface area contributed by atoms with Crippen LogP contribution in [0, 0.1) is 0 Å². The smallest absolute Gasteiger partial charge is 0.446 e. The maximum Gasteiger partial charge on any atom is 0.446 e. The van der Waals surface area contributed by atoms with Crippen LogP contribution < -0.4 is 25.5 Å². The second-order valence-electron chi connectivity index (χ2n) is 15.2. The number of phenolic OH excluding ortho intramolecular Hbond substituents is 3. The lowest BCUT2D eigenvalue weighted by molar-refractivity contribution is -0.115. The van der Waals surface area contributed by atoms with Crippen molar-refractivity contribution in [2.24, 2.45) is 20.6 Å². The Morgan fingerprint density at radius 1 is 0.474 bits per heavy atom. The number of phenols is 3. The van der Waals surface area contributed by atoms with Gasteiger partial charge >= 0.3 is 10.4 Å². The highest BCUT2D eigenvalue weighted by atomic mass is 79.9. The third-order valence-corrected chi connectivity index (χ3v) is 17.5. The molecule has 4 amide bonds. The molecule has 4 rings (SSSR count). The van der Waals surface area contributed by atoms with Crippen LogP contribution in [0.3, 0.4) is 0 Å². The minimum absolute atomic E-state index is 0.0316. The molecule has 0 saturated carbocycles. The van der Waals surface area contributed by atoms with Crippen molar-refractivity contribution in [2.75, 3.05) is 49.2 Å². The van der Waals surface area contributed by atoms with E-state index >= 15 is 0 Å². The van der Waals surface area contributed by atoms with Gasteiger partial charge in [-0.25, -0.2) is 0 Å². The SMILES string of the molecule is O=C(NCCSSCCNC(=O)/C(Cc1cc(Br)c(O)c(-c2cc(C/C(=N\O)C(=O)NCCSSCCNC(=O)/C(Cc3ccc(OS(=O)(=O)O)c(Br)c3)=N/O)cc(Br)c2O)c1)=N/O)/C(Cc1ccc(O)c(Br)c1)=N/O. The number of carbonyl (C=O) groups excluding carboxylic acids is 4. The summed E-state index contributed by atoms with van der Waals surface area (Å²) >= 11 is 12.9. The predicted molar refractivity (Wildman–Crippen MR) is 306 cm³/mol. The first-order valence-corrected chi connectivity index (χ1v) is 31.1. The van der Waals surface area contributed by atoms with Crippen LogP contribution in [0.1, 0.15) is 22.3 Å². The molecule has 0 saturated heterocycles. The second-order valence-corrected chi connectivity index (χ2v) is 25.1. The number of oxime groups is 4. The number of benzene rings is 4. The summed E-state index contributed by atoms with van der Waals surface area (Å²) in [5.41, 5.74) is 1.25. The summed E-state index contributed by atoms with van der Waals surface area (Å²) in [4.78, 5) is 51.1. The van der Waals surface area contributed by atoms with Crippen LogP contribution >= 0.6 is 107 Å². The molecule has 0 bridgehead atoms. The van der Waals surface area contributed by atoms with Crippen molar-refractivity contribution in [3.63, 3.8) is 0 Å². The fourth-order valence-electron chi connectivity index (χ4n) is 6.31. The highest BCUT2D eigenvalue weighted by Crippen LogP contribution is 2.44. The molecule has 0 heterocycles. The number of hydrogen-bond donors (Lipinski definition) is 12. The third-order valence-electron chi connectivity index (χ3n) is 9.81. The molecule has 4 aromatic carbocycles. The van der Waals surface area contributed by atoms with Gasteiger partial charge in [0.25, 0.3) is 23.6 Å². The largest absolute Gasteiger partial charge is 0.507 e. The van der Waals surface area contributed by atoms with Gasteiger partial charge in [0.05, 0.1) is 17.9 Å². The molecule has 0 aromatic heterocycles. The van der Waals surface area contributed by atoms with Crippen LogP contribution in [0.25, 0.3) is 11.1 Å². The number of amides is 4. The zero-order chi connectivity index (χ0) is 56.0. The van der Waals surface area contributed by atoms with E-state index in [0.29, 0.717) is 49.7 Å². The van der Waals surface area contributed by atoms with Crippen molar-refractivity contribution >= 4 is 164 Å². The van der Waals surface area contributed by atoms with E-state index in [1.165, 1.54) is 91.7 Å². The molecule has 0 aliphatic heterocycles. The predicted octanol–water partition coefficient (Wildman–Crippen LogP) is 6.82. The van der Waals surface area contributed by atoms with E-state index in [0.717, 1.165) is 0 Å². The number of hydrogen-bond acceptors (Lipinski definition) is 22. The molecule has 12 N–H and O–H groups in total. The number of rotatable bonds is 29. The van der Waals surface area contributed by atoms with Crippen molar-refractivity contribution in [3.8, 4) is 34.1 Å². The van der Waals surface area contributed by atoms with Gasteiger partial charge in [-0.2, -0.15) is 8.42 Å². The van der Waals surface area contributed by atoms with Crippen LogP contribution in [0.2, 0.25) is 0 Å². The Labute approximate surface area is 483 Å². The number of halogens is 4. The maximum absolute atomic E-state index is 13.0. The second kappa shape index (κ2) is 32.1. The Kier molecular flexibility index (Phi) is 26.9. The molecule has 0 fully saturated rings. The molecule has 410 valence electrons. The van der Waals surface area contributed by atoms with Crippen molar-refractivity contribution in [3.05, 3.63) is 101 Å². The standard InChI is InChI=1S/C44H46Br4N8O15S5/c45-29-15-23(1-3-37(29)57)19-33(53-64)41(60)49-5-9-72-74-11-7-51-43(62)35(55-66)21-25-13-27(39(58)31(47)17-25)28-14-26(18-32(48)40(28)59)22-36(56-67)44(63)52-8-12-75-73-10-6-50-42(61)34(54-65)20-24-2-4-38(30(46)16-24)71-76(68,69)70/h1-4,13-18,57-59,64-67H,5-12,19-22H2,(H,49,60)(H,50,61)(H,51,62)(H,52,63)(H,68,69,70)/b53-33+,54-34+,55-35+,56-36+. The van der Waals surface area contributed by atoms with Crippen molar-refractivity contribution in [1.29, 1.82) is 0 Å². The highest BCUT2D eigenvalue weighted by molar-refractivity contribution is 9.11. The molecule has 0 spiro atoms.